The Hall–Kier alpha value is -1.51. The van der Waals surface area contributed by atoms with Gasteiger partial charge in [-0.3, -0.25) is 4.79 Å². The van der Waals surface area contributed by atoms with Crippen molar-refractivity contribution in [1.82, 2.24) is 5.32 Å². The number of benzene rings is 1. The van der Waals surface area contributed by atoms with Crippen LogP contribution in [0.15, 0.2) is 12.1 Å². The molecule has 1 aromatic rings. The topological polar surface area (TPSA) is 38.3 Å². The van der Waals surface area contributed by atoms with Crippen LogP contribution in [-0.2, 0) is 4.79 Å². The van der Waals surface area contributed by atoms with Crippen LogP contribution in [0.3, 0.4) is 0 Å². The van der Waals surface area contributed by atoms with E-state index in [2.05, 4.69) is 25.2 Å². The molecule has 0 heterocycles. The average Bonchev–Trinajstić information content (AvgIpc) is 2.35. The molecule has 1 amide bonds. The highest BCUT2D eigenvalue weighted by molar-refractivity contribution is 5.80. The normalized spacial score (nSPS) is 12.1. The molecule has 0 bridgehead atoms. The Morgan fingerprint density at radius 3 is 2.63 bits per heavy atom. The molecule has 0 aliphatic carbocycles. The zero-order chi connectivity index (χ0) is 14.4. The van der Waals surface area contributed by atoms with Crippen molar-refractivity contribution < 1.29 is 9.53 Å². The van der Waals surface area contributed by atoms with Crippen molar-refractivity contribution in [3.05, 3.63) is 28.8 Å². The Morgan fingerprint density at radius 1 is 1.32 bits per heavy atom. The minimum atomic E-state index is -0.461. The maximum absolute atomic E-state index is 11.9. The summed E-state index contributed by atoms with van der Waals surface area (Å²) in [5.74, 6) is 0.752. The summed E-state index contributed by atoms with van der Waals surface area (Å²) in [6.45, 7) is 10.7. The van der Waals surface area contributed by atoms with Crippen LogP contribution in [0.25, 0.3) is 0 Å². The molecule has 0 unspecified atom stereocenters. The second-order valence-electron chi connectivity index (χ2n) is 5.11. The molecule has 0 fully saturated rings. The molecule has 0 spiro atoms. The van der Waals surface area contributed by atoms with Gasteiger partial charge in [0, 0.05) is 6.54 Å². The molecule has 0 aliphatic heterocycles. The first kappa shape index (κ1) is 15.5. The number of hydrogen-bond acceptors (Lipinski definition) is 2. The van der Waals surface area contributed by atoms with E-state index >= 15 is 0 Å². The number of amides is 1. The van der Waals surface area contributed by atoms with Gasteiger partial charge in [0.1, 0.15) is 5.75 Å². The van der Waals surface area contributed by atoms with E-state index in [1.165, 1.54) is 5.56 Å². The van der Waals surface area contributed by atoms with Crippen LogP contribution >= 0.6 is 0 Å². The molecule has 1 N–H and O–H groups in total. The van der Waals surface area contributed by atoms with Gasteiger partial charge in [0.15, 0.2) is 6.10 Å². The third-order valence-corrected chi connectivity index (χ3v) is 3.27. The van der Waals surface area contributed by atoms with Crippen molar-refractivity contribution in [3.8, 4) is 5.75 Å². The summed E-state index contributed by atoms with van der Waals surface area (Å²) in [6, 6.07) is 4.10. The van der Waals surface area contributed by atoms with Crippen LogP contribution in [0.5, 0.6) is 5.75 Å². The molecular weight excluding hydrogens is 238 g/mol. The number of unbranched alkanes of at least 4 members (excludes halogenated alkanes) is 1. The summed E-state index contributed by atoms with van der Waals surface area (Å²) in [6.07, 6.45) is 1.61. The first-order valence-corrected chi connectivity index (χ1v) is 6.98. The molecule has 1 aromatic carbocycles. The lowest BCUT2D eigenvalue weighted by Crippen LogP contribution is -2.36. The Balaban J connectivity index is 2.66. The molecular formula is C16H25NO2. The third kappa shape index (κ3) is 4.58. The van der Waals surface area contributed by atoms with E-state index in [1.807, 2.05) is 19.9 Å². The molecule has 0 saturated carbocycles. The Kier molecular flexibility index (Phi) is 5.87. The second kappa shape index (κ2) is 7.17. The number of carbonyl (C=O) groups is 1. The molecule has 1 rings (SSSR count). The number of nitrogens with one attached hydrogen (secondary N) is 1. The minimum Gasteiger partial charge on any atom is -0.481 e. The average molecular weight is 263 g/mol. The molecule has 19 heavy (non-hydrogen) atoms. The van der Waals surface area contributed by atoms with Gasteiger partial charge in [-0.2, -0.15) is 0 Å². The summed E-state index contributed by atoms with van der Waals surface area (Å²) < 4.78 is 5.79. The molecule has 0 aliphatic rings. The van der Waals surface area contributed by atoms with Crippen LogP contribution in [-0.4, -0.2) is 18.6 Å². The van der Waals surface area contributed by atoms with Crippen molar-refractivity contribution in [2.75, 3.05) is 6.54 Å². The van der Waals surface area contributed by atoms with E-state index in [-0.39, 0.29) is 5.91 Å². The molecule has 3 nitrogen and oxygen atoms in total. The standard InChI is InChI=1S/C16H25NO2/c1-6-7-8-17-16(18)14(5)19-15-10-11(2)9-12(3)13(15)4/h9-10,14H,6-8H2,1-5H3,(H,17,18)/t14-/m1/s1. The van der Waals surface area contributed by atoms with Gasteiger partial charge in [-0.15, -0.1) is 0 Å². The van der Waals surface area contributed by atoms with E-state index in [9.17, 15) is 4.79 Å². The zero-order valence-electron chi connectivity index (χ0n) is 12.7. The molecule has 1 atom stereocenters. The molecule has 0 radical (unpaired) electrons. The maximum Gasteiger partial charge on any atom is 0.260 e. The Bertz CT molecular complexity index is 441. The fourth-order valence-electron chi connectivity index (χ4n) is 1.90. The lowest BCUT2D eigenvalue weighted by atomic mass is 10.1. The quantitative estimate of drug-likeness (QED) is 0.800. The van der Waals surface area contributed by atoms with E-state index in [0.717, 1.165) is 36.3 Å². The van der Waals surface area contributed by atoms with Crippen LogP contribution in [0.4, 0.5) is 0 Å². The number of rotatable bonds is 6. The van der Waals surface area contributed by atoms with Gasteiger partial charge in [0.25, 0.3) is 5.91 Å². The minimum absolute atomic E-state index is 0.0491. The fraction of sp³-hybridized carbons (Fsp3) is 0.562. The molecule has 0 aromatic heterocycles. The van der Waals surface area contributed by atoms with Gasteiger partial charge in [0.2, 0.25) is 0 Å². The van der Waals surface area contributed by atoms with Crippen molar-refractivity contribution in [1.29, 1.82) is 0 Å². The predicted octanol–water partition coefficient (Wildman–Crippen LogP) is 3.30. The Labute approximate surface area is 116 Å². The van der Waals surface area contributed by atoms with Gasteiger partial charge in [-0.25, -0.2) is 0 Å². The van der Waals surface area contributed by atoms with Gasteiger partial charge in [0.05, 0.1) is 0 Å². The number of hydrogen-bond donors (Lipinski definition) is 1. The predicted molar refractivity (Wildman–Crippen MR) is 78.7 cm³/mol. The zero-order valence-corrected chi connectivity index (χ0v) is 12.7. The highest BCUT2D eigenvalue weighted by Gasteiger charge is 2.15. The first-order chi connectivity index (χ1) is 8.95. The highest BCUT2D eigenvalue weighted by Crippen LogP contribution is 2.24. The molecule has 3 heteroatoms. The van der Waals surface area contributed by atoms with Crippen molar-refractivity contribution in [3.63, 3.8) is 0 Å². The first-order valence-electron chi connectivity index (χ1n) is 6.98. The summed E-state index contributed by atoms with van der Waals surface area (Å²) in [4.78, 5) is 11.9. The highest BCUT2D eigenvalue weighted by atomic mass is 16.5. The van der Waals surface area contributed by atoms with Crippen LogP contribution in [0, 0.1) is 20.8 Å². The van der Waals surface area contributed by atoms with E-state index in [0.29, 0.717) is 0 Å². The summed E-state index contributed by atoms with van der Waals surface area (Å²) in [7, 11) is 0. The fourth-order valence-corrected chi connectivity index (χ4v) is 1.90. The number of carbonyl (C=O) groups excluding carboxylic acids is 1. The van der Waals surface area contributed by atoms with Crippen molar-refractivity contribution in [2.24, 2.45) is 0 Å². The van der Waals surface area contributed by atoms with E-state index in [4.69, 9.17) is 4.74 Å². The molecule has 0 saturated heterocycles. The van der Waals surface area contributed by atoms with Crippen LogP contribution < -0.4 is 10.1 Å². The number of aryl methyl sites for hydroxylation is 2. The third-order valence-electron chi connectivity index (χ3n) is 3.27. The maximum atomic E-state index is 11.9. The van der Waals surface area contributed by atoms with E-state index in [1.54, 1.807) is 6.92 Å². The summed E-state index contributed by atoms with van der Waals surface area (Å²) >= 11 is 0. The van der Waals surface area contributed by atoms with Gasteiger partial charge in [-0.1, -0.05) is 19.4 Å². The van der Waals surface area contributed by atoms with Crippen molar-refractivity contribution >= 4 is 5.91 Å². The summed E-state index contributed by atoms with van der Waals surface area (Å²) in [5.41, 5.74) is 3.43. The second-order valence-corrected chi connectivity index (χ2v) is 5.11. The Morgan fingerprint density at radius 2 is 2.00 bits per heavy atom. The molecule has 106 valence electrons. The van der Waals surface area contributed by atoms with E-state index < -0.39 is 6.10 Å². The SMILES string of the molecule is CCCCNC(=O)[C@@H](C)Oc1cc(C)cc(C)c1C. The summed E-state index contributed by atoms with van der Waals surface area (Å²) in [5, 5.41) is 2.89. The lowest BCUT2D eigenvalue weighted by Gasteiger charge is -2.17. The largest absolute Gasteiger partial charge is 0.481 e. The van der Waals surface area contributed by atoms with Gasteiger partial charge in [-0.05, 0) is 56.9 Å². The smallest absolute Gasteiger partial charge is 0.260 e. The monoisotopic (exact) mass is 263 g/mol. The van der Waals surface area contributed by atoms with Crippen molar-refractivity contribution in [2.45, 2.75) is 53.6 Å². The van der Waals surface area contributed by atoms with Gasteiger partial charge >= 0.3 is 0 Å². The van der Waals surface area contributed by atoms with Crippen LogP contribution in [0.1, 0.15) is 43.4 Å². The van der Waals surface area contributed by atoms with Crippen LogP contribution in [0.2, 0.25) is 0 Å². The lowest BCUT2D eigenvalue weighted by molar-refractivity contribution is -0.127. The number of ether oxygens (including phenoxy) is 1. The van der Waals surface area contributed by atoms with Gasteiger partial charge < -0.3 is 10.1 Å².